The molecule has 1 heterocycles. The third-order valence-corrected chi connectivity index (χ3v) is 3.50. The number of nitrogens with one attached hydrogen (secondary N) is 2. The van der Waals surface area contributed by atoms with Gasteiger partial charge < -0.3 is 10.1 Å². The van der Waals surface area contributed by atoms with E-state index < -0.39 is 0 Å². The van der Waals surface area contributed by atoms with E-state index in [1.165, 1.54) is 0 Å². The molecule has 98 valence electrons. The van der Waals surface area contributed by atoms with Crippen LogP contribution in [-0.2, 0) is 4.74 Å². The van der Waals surface area contributed by atoms with Gasteiger partial charge in [0, 0.05) is 18.6 Å². The maximum atomic E-state index is 11.9. The lowest BCUT2D eigenvalue weighted by atomic mass is 9.89. The van der Waals surface area contributed by atoms with Crippen LogP contribution in [0.3, 0.4) is 0 Å². The Balaban J connectivity index is 1.49. The number of aromatic nitrogens is 3. The normalized spacial score (nSPS) is 26.7. The Morgan fingerprint density at radius 2 is 2.28 bits per heavy atom. The Labute approximate surface area is 106 Å². The number of carbonyl (C=O) groups excluding carboxylic acids is 1. The summed E-state index contributed by atoms with van der Waals surface area (Å²) in [5.74, 6) is 1.42. The minimum absolute atomic E-state index is 0.182. The van der Waals surface area contributed by atoms with Crippen LogP contribution in [0, 0.1) is 0 Å². The van der Waals surface area contributed by atoms with Gasteiger partial charge in [0.1, 0.15) is 5.82 Å². The van der Waals surface area contributed by atoms with Gasteiger partial charge in [-0.15, -0.1) is 5.10 Å². The zero-order valence-corrected chi connectivity index (χ0v) is 10.5. The molecule has 18 heavy (non-hydrogen) atoms. The molecule has 2 saturated carbocycles. The zero-order valence-electron chi connectivity index (χ0n) is 10.5. The molecule has 0 unspecified atom stereocenters. The van der Waals surface area contributed by atoms with Crippen LogP contribution in [0.25, 0.3) is 0 Å². The highest BCUT2D eigenvalue weighted by molar-refractivity contribution is 5.90. The van der Waals surface area contributed by atoms with Crippen molar-refractivity contribution in [3.05, 3.63) is 11.6 Å². The molecule has 0 atom stereocenters. The summed E-state index contributed by atoms with van der Waals surface area (Å²) in [6.45, 7) is 2.72. The lowest BCUT2D eigenvalue weighted by molar-refractivity contribution is -0.00871. The fraction of sp³-hybridized carbons (Fsp3) is 0.750. The first-order valence-electron chi connectivity index (χ1n) is 6.61. The van der Waals surface area contributed by atoms with Crippen LogP contribution in [0.15, 0.2) is 0 Å². The molecule has 1 amide bonds. The summed E-state index contributed by atoms with van der Waals surface area (Å²) < 4.78 is 5.45. The van der Waals surface area contributed by atoms with Crippen molar-refractivity contribution in [2.45, 2.75) is 50.7 Å². The number of carbonyl (C=O) groups is 1. The molecule has 0 aliphatic heterocycles. The van der Waals surface area contributed by atoms with Crippen LogP contribution in [-0.4, -0.2) is 39.8 Å². The van der Waals surface area contributed by atoms with Gasteiger partial charge in [-0.2, -0.15) is 0 Å². The van der Waals surface area contributed by atoms with E-state index >= 15 is 0 Å². The van der Waals surface area contributed by atoms with Gasteiger partial charge in [0.15, 0.2) is 0 Å². The van der Waals surface area contributed by atoms with Crippen molar-refractivity contribution in [3.8, 4) is 0 Å². The number of rotatable bonds is 5. The fourth-order valence-corrected chi connectivity index (χ4v) is 2.22. The number of H-pyrrole nitrogens is 1. The van der Waals surface area contributed by atoms with E-state index in [0.29, 0.717) is 12.0 Å². The molecular weight excluding hydrogens is 232 g/mol. The first-order chi connectivity index (χ1) is 8.76. The number of nitrogens with zero attached hydrogens (tertiary/aromatic N) is 2. The molecule has 2 aliphatic carbocycles. The number of ether oxygens (including phenoxy) is 1. The molecule has 2 fully saturated rings. The molecule has 0 saturated heterocycles. The average molecular weight is 250 g/mol. The maximum Gasteiger partial charge on any atom is 0.291 e. The number of hydrogen-bond acceptors (Lipinski definition) is 4. The van der Waals surface area contributed by atoms with Crippen LogP contribution >= 0.6 is 0 Å². The average Bonchev–Trinajstić information content (AvgIpc) is 3.04. The van der Waals surface area contributed by atoms with E-state index in [1.807, 2.05) is 6.92 Å². The highest BCUT2D eigenvalue weighted by Gasteiger charge is 2.32. The largest absolute Gasteiger partial charge is 0.378 e. The summed E-state index contributed by atoms with van der Waals surface area (Å²) in [6, 6.07) is 0.205. The van der Waals surface area contributed by atoms with Crippen molar-refractivity contribution < 1.29 is 9.53 Å². The molecule has 0 radical (unpaired) electrons. The highest BCUT2D eigenvalue weighted by atomic mass is 16.5. The summed E-state index contributed by atoms with van der Waals surface area (Å²) in [4.78, 5) is 16.1. The van der Waals surface area contributed by atoms with Gasteiger partial charge in [-0.05, 0) is 32.6 Å². The molecule has 3 rings (SSSR count). The van der Waals surface area contributed by atoms with E-state index in [4.69, 9.17) is 4.74 Å². The Morgan fingerprint density at radius 1 is 1.50 bits per heavy atom. The Morgan fingerprint density at radius 3 is 2.94 bits per heavy atom. The van der Waals surface area contributed by atoms with E-state index in [1.54, 1.807) is 0 Å². The van der Waals surface area contributed by atoms with E-state index in [2.05, 4.69) is 20.5 Å². The van der Waals surface area contributed by atoms with Crippen LogP contribution in [0.1, 0.15) is 55.0 Å². The van der Waals surface area contributed by atoms with Gasteiger partial charge in [-0.3, -0.25) is 9.89 Å². The second kappa shape index (κ2) is 4.68. The van der Waals surface area contributed by atoms with Gasteiger partial charge in [-0.1, -0.05) is 0 Å². The standard InChI is InChI=1S/C12H18N4O2/c1-2-18-9-5-8(6-9)13-12(17)11-14-10(15-16-11)7-3-4-7/h7-9H,2-6H2,1H3,(H,13,17)(H,14,15,16). The molecule has 0 spiro atoms. The van der Waals surface area contributed by atoms with Crippen LogP contribution < -0.4 is 5.32 Å². The number of hydrogen-bond donors (Lipinski definition) is 2. The van der Waals surface area contributed by atoms with E-state index in [9.17, 15) is 4.79 Å². The first kappa shape index (κ1) is 11.6. The lowest BCUT2D eigenvalue weighted by Crippen LogP contribution is -2.48. The predicted molar refractivity (Wildman–Crippen MR) is 64.3 cm³/mol. The van der Waals surface area contributed by atoms with E-state index in [-0.39, 0.29) is 17.8 Å². The summed E-state index contributed by atoms with van der Waals surface area (Å²) in [6.07, 6.45) is 4.37. The molecule has 0 aromatic carbocycles. The minimum atomic E-state index is -0.182. The molecule has 1 aromatic heterocycles. The SMILES string of the molecule is CCOC1CC(NC(=O)c2n[nH]c(C3CC3)n2)C1. The number of amides is 1. The third-order valence-electron chi connectivity index (χ3n) is 3.50. The molecule has 2 aliphatic rings. The Hall–Kier alpha value is -1.43. The van der Waals surface area contributed by atoms with Gasteiger partial charge in [0.25, 0.3) is 5.91 Å². The van der Waals surface area contributed by atoms with E-state index in [0.717, 1.165) is 38.1 Å². The maximum absolute atomic E-state index is 11.9. The predicted octanol–water partition coefficient (Wildman–Crippen LogP) is 0.979. The van der Waals surface area contributed by atoms with Crippen molar-refractivity contribution in [1.82, 2.24) is 20.5 Å². The Kier molecular flexibility index (Phi) is 3.03. The fourth-order valence-electron chi connectivity index (χ4n) is 2.22. The monoisotopic (exact) mass is 250 g/mol. The molecule has 0 bridgehead atoms. The summed E-state index contributed by atoms with van der Waals surface area (Å²) in [5, 5.41) is 9.73. The summed E-state index contributed by atoms with van der Waals surface area (Å²) in [5.41, 5.74) is 0. The molecule has 1 aromatic rings. The van der Waals surface area contributed by atoms with Gasteiger partial charge in [0.05, 0.1) is 6.10 Å². The topological polar surface area (TPSA) is 79.9 Å². The van der Waals surface area contributed by atoms with Crippen molar-refractivity contribution >= 4 is 5.91 Å². The van der Waals surface area contributed by atoms with Crippen LogP contribution in [0.2, 0.25) is 0 Å². The molecule has 2 N–H and O–H groups in total. The second-order valence-electron chi connectivity index (χ2n) is 5.04. The zero-order chi connectivity index (χ0) is 12.5. The highest BCUT2D eigenvalue weighted by Crippen LogP contribution is 2.37. The Bertz CT molecular complexity index is 435. The summed E-state index contributed by atoms with van der Waals surface area (Å²) in [7, 11) is 0. The smallest absolute Gasteiger partial charge is 0.291 e. The quantitative estimate of drug-likeness (QED) is 0.816. The number of aromatic amines is 1. The van der Waals surface area contributed by atoms with Crippen molar-refractivity contribution in [1.29, 1.82) is 0 Å². The molecular formula is C12H18N4O2. The summed E-state index contributed by atoms with van der Waals surface area (Å²) >= 11 is 0. The van der Waals surface area contributed by atoms with Crippen molar-refractivity contribution in [2.24, 2.45) is 0 Å². The second-order valence-corrected chi connectivity index (χ2v) is 5.04. The lowest BCUT2D eigenvalue weighted by Gasteiger charge is -2.34. The van der Waals surface area contributed by atoms with Crippen molar-refractivity contribution in [2.75, 3.05) is 6.61 Å². The van der Waals surface area contributed by atoms with Gasteiger partial charge >= 0.3 is 0 Å². The third kappa shape index (κ3) is 2.38. The minimum Gasteiger partial charge on any atom is -0.378 e. The van der Waals surface area contributed by atoms with Gasteiger partial charge in [0.2, 0.25) is 5.82 Å². The first-order valence-corrected chi connectivity index (χ1v) is 6.61. The molecule has 6 heteroatoms. The van der Waals surface area contributed by atoms with Crippen molar-refractivity contribution in [3.63, 3.8) is 0 Å². The van der Waals surface area contributed by atoms with Crippen LogP contribution in [0.4, 0.5) is 0 Å². The van der Waals surface area contributed by atoms with Gasteiger partial charge in [-0.25, -0.2) is 4.98 Å². The molecule has 6 nitrogen and oxygen atoms in total. The van der Waals surface area contributed by atoms with Crippen LogP contribution in [0.5, 0.6) is 0 Å².